The highest BCUT2D eigenvalue weighted by Gasteiger charge is 2.28. The molecule has 1 aliphatic heterocycles. The Morgan fingerprint density at radius 3 is 2.67 bits per heavy atom. The van der Waals surface area contributed by atoms with Gasteiger partial charge in [-0.05, 0) is 12.5 Å². The van der Waals surface area contributed by atoms with Gasteiger partial charge in [-0.15, -0.1) is 0 Å². The van der Waals surface area contributed by atoms with E-state index in [1.54, 1.807) is 0 Å². The van der Waals surface area contributed by atoms with Crippen molar-refractivity contribution in [2.24, 2.45) is 0 Å². The number of nitrogens with zero attached hydrogens (tertiary/aromatic N) is 1. The number of pyridine rings is 1. The Hall–Kier alpha value is -2.44. The van der Waals surface area contributed by atoms with Gasteiger partial charge in [0.25, 0.3) is 5.56 Å². The van der Waals surface area contributed by atoms with E-state index in [0.29, 0.717) is 0 Å². The van der Waals surface area contributed by atoms with Crippen LogP contribution >= 0.6 is 0 Å². The van der Waals surface area contributed by atoms with Crippen LogP contribution in [0.2, 0.25) is 0 Å². The summed E-state index contributed by atoms with van der Waals surface area (Å²) in [6.45, 7) is 0. The summed E-state index contributed by atoms with van der Waals surface area (Å²) in [4.78, 5) is 45.0. The second kappa shape index (κ2) is 4.44. The number of aromatic nitrogens is 1. The van der Waals surface area contributed by atoms with Gasteiger partial charge >= 0.3 is 5.97 Å². The molecule has 1 aromatic rings. The van der Waals surface area contributed by atoms with Crippen molar-refractivity contribution in [3.8, 4) is 0 Å². The van der Waals surface area contributed by atoms with Gasteiger partial charge in [0, 0.05) is 18.7 Å². The van der Waals surface area contributed by atoms with Crippen molar-refractivity contribution in [3.63, 3.8) is 0 Å². The first-order chi connectivity index (χ1) is 8.49. The van der Waals surface area contributed by atoms with Gasteiger partial charge in [0.15, 0.2) is 0 Å². The zero-order valence-corrected chi connectivity index (χ0v) is 9.25. The van der Waals surface area contributed by atoms with Gasteiger partial charge in [-0.1, -0.05) is 0 Å². The third-order valence-corrected chi connectivity index (χ3v) is 2.73. The third-order valence-electron chi connectivity index (χ3n) is 2.73. The van der Waals surface area contributed by atoms with Crippen LogP contribution in [0.5, 0.6) is 0 Å². The molecule has 1 saturated heterocycles. The SMILES string of the molecule is O=C1CCC(n2cc(C(=O)O)ccc2=O)C(=O)N1. The van der Waals surface area contributed by atoms with Crippen LogP contribution < -0.4 is 10.9 Å². The number of imide groups is 1. The minimum Gasteiger partial charge on any atom is -0.478 e. The molecule has 0 saturated carbocycles. The van der Waals surface area contributed by atoms with Crippen molar-refractivity contribution < 1.29 is 19.5 Å². The minimum atomic E-state index is -1.18. The van der Waals surface area contributed by atoms with Crippen LogP contribution in [0.3, 0.4) is 0 Å². The predicted octanol–water partition coefficient (Wildman–Crippen LogP) is -0.476. The lowest BCUT2D eigenvalue weighted by molar-refractivity contribution is -0.135. The second-order valence-electron chi connectivity index (χ2n) is 3.94. The highest BCUT2D eigenvalue weighted by atomic mass is 16.4. The Morgan fingerprint density at radius 2 is 2.06 bits per heavy atom. The maximum absolute atomic E-state index is 11.6. The van der Waals surface area contributed by atoms with E-state index in [2.05, 4.69) is 5.32 Å². The summed E-state index contributed by atoms with van der Waals surface area (Å²) >= 11 is 0. The number of aromatic carboxylic acids is 1. The quantitative estimate of drug-likeness (QED) is 0.690. The molecule has 2 rings (SSSR count). The van der Waals surface area contributed by atoms with E-state index in [0.717, 1.165) is 16.8 Å². The average Bonchev–Trinajstić information content (AvgIpc) is 2.30. The molecule has 1 unspecified atom stereocenters. The first-order valence-corrected chi connectivity index (χ1v) is 5.28. The summed E-state index contributed by atoms with van der Waals surface area (Å²) in [7, 11) is 0. The van der Waals surface area contributed by atoms with E-state index in [-0.39, 0.29) is 18.4 Å². The van der Waals surface area contributed by atoms with Crippen LogP contribution in [-0.2, 0) is 9.59 Å². The van der Waals surface area contributed by atoms with E-state index >= 15 is 0 Å². The predicted molar refractivity (Wildman–Crippen MR) is 59.1 cm³/mol. The topological polar surface area (TPSA) is 105 Å². The number of hydrogen-bond acceptors (Lipinski definition) is 4. The molecule has 0 spiro atoms. The van der Waals surface area contributed by atoms with Gasteiger partial charge in [0.2, 0.25) is 11.8 Å². The molecule has 0 bridgehead atoms. The van der Waals surface area contributed by atoms with E-state index in [1.807, 2.05) is 0 Å². The van der Waals surface area contributed by atoms with Crippen molar-refractivity contribution in [1.82, 2.24) is 9.88 Å². The van der Waals surface area contributed by atoms with Crippen LogP contribution in [0.4, 0.5) is 0 Å². The van der Waals surface area contributed by atoms with Crippen molar-refractivity contribution >= 4 is 17.8 Å². The molecule has 1 atom stereocenters. The molecule has 0 radical (unpaired) electrons. The third kappa shape index (κ3) is 2.15. The number of nitrogens with one attached hydrogen (secondary N) is 1. The van der Waals surface area contributed by atoms with Gasteiger partial charge in [-0.3, -0.25) is 19.7 Å². The smallest absolute Gasteiger partial charge is 0.337 e. The van der Waals surface area contributed by atoms with E-state index in [4.69, 9.17) is 5.11 Å². The number of carboxylic acid groups (broad SMARTS) is 1. The lowest BCUT2D eigenvalue weighted by Gasteiger charge is -2.22. The Kier molecular flexibility index (Phi) is 2.97. The van der Waals surface area contributed by atoms with Crippen LogP contribution in [0, 0.1) is 0 Å². The molecule has 1 aromatic heterocycles. The molecule has 18 heavy (non-hydrogen) atoms. The van der Waals surface area contributed by atoms with Gasteiger partial charge < -0.3 is 9.67 Å². The molecule has 7 heteroatoms. The van der Waals surface area contributed by atoms with Crippen molar-refractivity contribution in [2.45, 2.75) is 18.9 Å². The summed E-state index contributed by atoms with van der Waals surface area (Å²) in [6.07, 6.45) is 1.43. The Labute approximate surface area is 101 Å². The number of carbonyl (C=O) groups excluding carboxylic acids is 2. The molecule has 2 amide bonds. The monoisotopic (exact) mass is 250 g/mol. The Morgan fingerprint density at radius 1 is 1.33 bits per heavy atom. The fourth-order valence-electron chi connectivity index (χ4n) is 1.82. The lowest BCUT2D eigenvalue weighted by Crippen LogP contribution is -2.44. The first-order valence-electron chi connectivity index (χ1n) is 5.28. The van der Waals surface area contributed by atoms with Gasteiger partial charge in [0.1, 0.15) is 6.04 Å². The first kappa shape index (κ1) is 12.0. The number of piperidine rings is 1. The summed E-state index contributed by atoms with van der Waals surface area (Å²) in [5.74, 6) is -2.16. The number of carboxylic acids is 1. The standard InChI is InChI=1S/C11H10N2O5/c14-8-3-2-7(10(16)12-8)13-5-6(11(17)18)1-4-9(13)15/h1,4-5,7H,2-3H2,(H,17,18)(H,12,14,16). The van der Waals surface area contributed by atoms with Gasteiger partial charge in [-0.2, -0.15) is 0 Å². The minimum absolute atomic E-state index is 0.0840. The molecule has 0 aromatic carbocycles. The number of carbonyl (C=O) groups is 3. The summed E-state index contributed by atoms with van der Waals surface area (Å²) < 4.78 is 1.05. The molecular weight excluding hydrogens is 240 g/mol. The fourth-order valence-corrected chi connectivity index (χ4v) is 1.82. The number of rotatable bonds is 2. The van der Waals surface area contributed by atoms with Crippen molar-refractivity contribution in [3.05, 3.63) is 34.2 Å². The molecule has 1 aliphatic rings. The second-order valence-corrected chi connectivity index (χ2v) is 3.94. The van der Waals surface area contributed by atoms with Crippen LogP contribution in [0.15, 0.2) is 23.1 Å². The Balaban J connectivity index is 2.41. The summed E-state index contributed by atoms with van der Waals surface area (Å²) in [5, 5.41) is 11.0. The number of amides is 2. The molecule has 2 N–H and O–H groups in total. The van der Waals surface area contributed by atoms with Crippen molar-refractivity contribution in [2.75, 3.05) is 0 Å². The Bertz CT molecular complexity index is 589. The largest absolute Gasteiger partial charge is 0.478 e. The van der Waals surface area contributed by atoms with Crippen LogP contribution in [-0.4, -0.2) is 27.5 Å². The van der Waals surface area contributed by atoms with E-state index < -0.39 is 29.4 Å². The number of hydrogen-bond donors (Lipinski definition) is 2. The maximum Gasteiger partial charge on any atom is 0.337 e. The highest BCUT2D eigenvalue weighted by Crippen LogP contribution is 2.16. The zero-order valence-electron chi connectivity index (χ0n) is 9.25. The zero-order chi connectivity index (χ0) is 13.3. The van der Waals surface area contributed by atoms with Gasteiger partial charge in [0.05, 0.1) is 5.56 Å². The molecule has 7 nitrogen and oxygen atoms in total. The maximum atomic E-state index is 11.6. The fraction of sp³-hybridized carbons (Fsp3) is 0.273. The van der Waals surface area contributed by atoms with E-state index in [9.17, 15) is 19.2 Å². The molecule has 2 heterocycles. The highest BCUT2D eigenvalue weighted by molar-refractivity contribution is 5.99. The van der Waals surface area contributed by atoms with Crippen LogP contribution in [0.25, 0.3) is 0 Å². The van der Waals surface area contributed by atoms with Gasteiger partial charge in [-0.25, -0.2) is 4.79 Å². The molecule has 94 valence electrons. The molecule has 0 aliphatic carbocycles. The van der Waals surface area contributed by atoms with Crippen molar-refractivity contribution in [1.29, 1.82) is 0 Å². The van der Waals surface area contributed by atoms with Crippen LogP contribution in [0.1, 0.15) is 29.2 Å². The summed E-state index contributed by atoms with van der Waals surface area (Å²) in [5.41, 5.74) is -0.561. The average molecular weight is 250 g/mol. The lowest BCUT2D eigenvalue weighted by atomic mass is 10.1. The van der Waals surface area contributed by atoms with E-state index in [1.165, 1.54) is 6.07 Å². The summed E-state index contributed by atoms with van der Waals surface area (Å²) in [6, 6.07) is 1.43. The molecule has 1 fully saturated rings. The molecular formula is C11H10N2O5. The normalized spacial score (nSPS) is 19.4.